The highest BCUT2D eigenvalue weighted by atomic mass is 35.5. The quantitative estimate of drug-likeness (QED) is 0.379. The SMILES string of the molecule is CC(C)CCOc1ccccc1C(=O)NC(=S)Nc1ccc(Cl)c([N+](=O)[O-])c1. The zero-order valence-electron chi connectivity index (χ0n) is 15.4. The molecule has 9 heteroatoms. The van der Waals surface area contributed by atoms with Gasteiger partial charge in [0.15, 0.2) is 5.11 Å². The highest BCUT2D eigenvalue weighted by Gasteiger charge is 2.16. The van der Waals surface area contributed by atoms with Crippen LogP contribution >= 0.6 is 23.8 Å². The Labute approximate surface area is 173 Å². The van der Waals surface area contributed by atoms with Crippen molar-refractivity contribution in [3.05, 3.63) is 63.2 Å². The summed E-state index contributed by atoms with van der Waals surface area (Å²) < 4.78 is 5.71. The van der Waals surface area contributed by atoms with Crippen molar-refractivity contribution in [3.8, 4) is 5.75 Å². The lowest BCUT2D eigenvalue weighted by atomic mass is 10.1. The minimum Gasteiger partial charge on any atom is -0.493 e. The molecule has 1 amide bonds. The molecule has 0 atom stereocenters. The van der Waals surface area contributed by atoms with Crippen molar-refractivity contribution in [1.82, 2.24) is 5.32 Å². The van der Waals surface area contributed by atoms with E-state index < -0.39 is 10.8 Å². The Morgan fingerprint density at radius 2 is 2.00 bits per heavy atom. The number of thiocarbonyl (C=S) groups is 1. The van der Waals surface area contributed by atoms with Crippen LogP contribution in [0.4, 0.5) is 11.4 Å². The third-order valence-corrected chi connectivity index (χ3v) is 4.24. The molecule has 2 aromatic rings. The molecule has 0 saturated heterocycles. The molecule has 28 heavy (non-hydrogen) atoms. The fourth-order valence-corrected chi connectivity index (χ4v) is 2.64. The Bertz CT molecular complexity index is 889. The van der Waals surface area contributed by atoms with E-state index >= 15 is 0 Å². The number of nitrogens with zero attached hydrogens (tertiary/aromatic N) is 1. The van der Waals surface area contributed by atoms with Crippen molar-refractivity contribution in [1.29, 1.82) is 0 Å². The molecule has 0 aliphatic heterocycles. The monoisotopic (exact) mass is 421 g/mol. The van der Waals surface area contributed by atoms with Crippen molar-refractivity contribution in [3.63, 3.8) is 0 Å². The first kappa shape index (κ1) is 21.6. The molecule has 148 valence electrons. The number of para-hydroxylation sites is 1. The number of hydrogen-bond donors (Lipinski definition) is 2. The Hall–Kier alpha value is -2.71. The first-order chi connectivity index (χ1) is 13.3. The number of anilines is 1. The number of rotatable bonds is 7. The van der Waals surface area contributed by atoms with Gasteiger partial charge in [0.1, 0.15) is 10.8 Å². The van der Waals surface area contributed by atoms with Crippen molar-refractivity contribution in [2.45, 2.75) is 20.3 Å². The van der Waals surface area contributed by atoms with Crippen LogP contribution in [0.5, 0.6) is 5.75 Å². The van der Waals surface area contributed by atoms with Crippen LogP contribution in [-0.4, -0.2) is 22.5 Å². The average molecular weight is 422 g/mol. The summed E-state index contributed by atoms with van der Waals surface area (Å²) in [5, 5.41) is 16.3. The summed E-state index contributed by atoms with van der Waals surface area (Å²) >= 11 is 10.9. The normalized spacial score (nSPS) is 10.4. The summed E-state index contributed by atoms with van der Waals surface area (Å²) in [6.07, 6.45) is 0.866. The maximum absolute atomic E-state index is 12.5. The lowest BCUT2D eigenvalue weighted by Gasteiger charge is -2.13. The molecular weight excluding hydrogens is 402 g/mol. The molecule has 2 rings (SSSR count). The summed E-state index contributed by atoms with van der Waals surface area (Å²) in [6.45, 7) is 4.68. The molecule has 0 spiro atoms. The van der Waals surface area contributed by atoms with Crippen molar-refractivity contribution >= 4 is 46.2 Å². The van der Waals surface area contributed by atoms with Gasteiger partial charge in [-0.3, -0.25) is 20.2 Å². The van der Waals surface area contributed by atoms with Crippen LogP contribution in [0, 0.1) is 16.0 Å². The van der Waals surface area contributed by atoms with Gasteiger partial charge in [-0.15, -0.1) is 0 Å². The van der Waals surface area contributed by atoms with E-state index in [-0.39, 0.29) is 15.8 Å². The number of nitro groups is 1. The predicted molar refractivity (Wildman–Crippen MR) is 113 cm³/mol. The van der Waals surface area contributed by atoms with Gasteiger partial charge in [-0.1, -0.05) is 37.6 Å². The van der Waals surface area contributed by atoms with Gasteiger partial charge >= 0.3 is 0 Å². The minimum absolute atomic E-state index is 0.00129. The topological polar surface area (TPSA) is 93.5 Å². The number of halogens is 1. The lowest BCUT2D eigenvalue weighted by molar-refractivity contribution is -0.384. The molecular formula is C19H20ClN3O4S. The van der Waals surface area contributed by atoms with Gasteiger partial charge in [0.05, 0.1) is 17.1 Å². The largest absolute Gasteiger partial charge is 0.493 e. The maximum atomic E-state index is 12.5. The van der Waals surface area contributed by atoms with Crippen molar-refractivity contribution < 1.29 is 14.5 Å². The Kier molecular flexibility index (Phi) is 7.71. The first-order valence-electron chi connectivity index (χ1n) is 8.56. The third-order valence-electron chi connectivity index (χ3n) is 3.71. The van der Waals surface area contributed by atoms with Crippen LogP contribution in [-0.2, 0) is 0 Å². The number of carbonyl (C=O) groups excluding carboxylic acids is 1. The van der Waals surface area contributed by atoms with Gasteiger partial charge in [0, 0.05) is 11.8 Å². The van der Waals surface area contributed by atoms with Crippen LogP contribution in [0.2, 0.25) is 5.02 Å². The van der Waals surface area contributed by atoms with E-state index in [9.17, 15) is 14.9 Å². The summed E-state index contributed by atoms with van der Waals surface area (Å²) in [5.41, 5.74) is 0.421. The van der Waals surface area contributed by atoms with E-state index in [1.165, 1.54) is 18.2 Å². The van der Waals surface area contributed by atoms with E-state index in [1.54, 1.807) is 24.3 Å². The molecule has 0 aliphatic rings. The molecule has 0 saturated carbocycles. The van der Waals surface area contributed by atoms with Crippen LogP contribution in [0.3, 0.4) is 0 Å². The van der Waals surface area contributed by atoms with Gasteiger partial charge in [-0.25, -0.2) is 0 Å². The Balaban J connectivity index is 2.04. The van der Waals surface area contributed by atoms with Crippen LogP contribution in [0.15, 0.2) is 42.5 Å². The zero-order valence-corrected chi connectivity index (χ0v) is 17.0. The molecule has 7 nitrogen and oxygen atoms in total. The lowest BCUT2D eigenvalue weighted by Crippen LogP contribution is -2.34. The molecule has 2 aromatic carbocycles. The highest BCUT2D eigenvalue weighted by Crippen LogP contribution is 2.27. The summed E-state index contributed by atoms with van der Waals surface area (Å²) in [5.74, 6) is 0.507. The number of ether oxygens (including phenoxy) is 1. The number of hydrogen-bond acceptors (Lipinski definition) is 5. The standard InChI is InChI=1S/C19H20ClN3O4S/c1-12(2)9-10-27-17-6-4-3-5-14(17)18(24)22-19(28)21-13-7-8-15(20)16(11-13)23(25)26/h3-8,11-12H,9-10H2,1-2H3,(H2,21,22,24,28). The summed E-state index contributed by atoms with van der Waals surface area (Å²) in [7, 11) is 0. The predicted octanol–water partition coefficient (Wildman–Crippen LogP) is 4.80. The number of nitrogens with one attached hydrogen (secondary N) is 2. The molecule has 0 bridgehead atoms. The Morgan fingerprint density at radius 3 is 2.68 bits per heavy atom. The van der Waals surface area contributed by atoms with Crippen LogP contribution in [0.1, 0.15) is 30.6 Å². The van der Waals surface area contributed by atoms with Gasteiger partial charge < -0.3 is 10.1 Å². The first-order valence-corrected chi connectivity index (χ1v) is 9.34. The highest BCUT2D eigenvalue weighted by molar-refractivity contribution is 7.80. The average Bonchev–Trinajstić information content (AvgIpc) is 2.63. The third kappa shape index (κ3) is 6.17. The van der Waals surface area contributed by atoms with E-state index in [1.807, 2.05) is 0 Å². The van der Waals surface area contributed by atoms with Gasteiger partial charge in [-0.05, 0) is 48.8 Å². The van der Waals surface area contributed by atoms with Crippen LogP contribution < -0.4 is 15.4 Å². The second-order valence-corrected chi connectivity index (χ2v) is 7.17. The molecule has 2 N–H and O–H groups in total. The van der Waals surface area contributed by atoms with E-state index in [0.29, 0.717) is 29.5 Å². The molecule has 0 radical (unpaired) electrons. The zero-order chi connectivity index (χ0) is 20.7. The molecule has 0 unspecified atom stereocenters. The maximum Gasteiger partial charge on any atom is 0.289 e. The van der Waals surface area contributed by atoms with Crippen molar-refractivity contribution in [2.24, 2.45) is 5.92 Å². The number of nitro benzene ring substituents is 1. The molecule has 0 aliphatic carbocycles. The molecule has 0 heterocycles. The number of benzene rings is 2. The summed E-state index contributed by atoms with van der Waals surface area (Å²) in [6, 6.07) is 11.0. The van der Waals surface area contributed by atoms with Gasteiger partial charge in [-0.2, -0.15) is 0 Å². The van der Waals surface area contributed by atoms with Crippen molar-refractivity contribution in [2.75, 3.05) is 11.9 Å². The fraction of sp³-hybridized carbons (Fsp3) is 0.263. The number of amides is 1. The van der Waals surface area contributed by atoms with Gasteiger partial charge in [0.2, 0.25) is 0 Å². The van der Waals surface area contributed by atoms with Gasteiger partial charge in [0.25, 0.3) is 11.6 Å². The van der Waals surface area contributed by atoms with E-state index in [2.05, 4.69) is 24.5 Å². The second-order valence-electron chi connectivity index (χ2n) is 6.36. The number of carbonyl (C=O) groups is 1. The van der Waals surface area contributed by atoms with E-state index in [4.69, 9.17) is 28.6 Å². The molecule has 0 aromatic heterocycles. The second kappa shape index (κ2) is 10.0. The Morgan fingerprint density at radius 1 is 1.29 bits per heavy atom. The molecule has 0 fully saturated rings. The van der Waals surface area contributed by atoms with Crippen LogP contribution in [0.25, 0.3) is 0 Å². The van der Waals surface area contributed by atoms with E-state index in [0.717, 1.165) is 6.42 Å². The fourth-order valence-electron chi connectivity index (χ4n) is 2.25. The summed E-state index contributed by atoms with van der Waals surface area (Å²) in [4.78, 5) is 22.9. The smallest absolute Gasteiger partial charge is 0.289 e. The minimum atomic E-state index is -0.597.